The number of nitrogens with two attached hydrogens (primary N) is 2. The monoisotopic (exact) mass is 557 g/mol. The van der Waals surface area contributed by atoms with Crippen LogP contribution >= 0.6 is 0 Å². The van der Waals surface area contributed by atoms with E-state index in [0.29, 0.717) is 16.7 Å². The molecule has 3 heterocycles. The van der Waals surface area contributed by atoms with Crippen LogP contribution < -0.4 is 10.6 Å². The number of aliphatic hydroxyl groups excluding tert-OH is 1. The summed E-state index contributed by atoms with van der Waals surface area (Å²) in [6, 6.07) is 27.2. The molecule has 0 atom stereocenters. The van der Waals surface area contributed by atoms with Gasteiger partial charge in [-0.05, 0) is 0 Å². The fourth-order valence-corrected chi connectivity index (χ4v) is 6.43. The van der Waals surface area contributed by atoms with Gasteiger partial charge in [-0.2, -0.15) is 0 Å². The van der Waals surface area contributed by atoms with Crippen molar-refractivity contribution in [3.63, 3.8) is 0 Å². The molecule has 0 saturated carbocycles. The first-order valence-corrected chi connectivity index (χ1v) is 14.7. The van der Waals surface area contributed by atoms with Gasteiger partial charge in [0.25, 0.3) is 0 Å². The van der Waals surface area contributed by atoms with Crippen LogP contribution in [0.15, 0.2) is 106 Å². The third-order valence-corrected chi connectivity index (χ3v) is 8.14. The van der Waals surface area contributed by atoms with Crippen molar-refractivity contribution in [2.45, 2.75) is 0 Å². The standard InChI is InChI=1S/C21H15N3O6Si.2C2H7N.CH4O/c1-4-10-16(11-5-1)19-22-28-31(25-19,26-20(23-29-31)17-12-6-2-7-13-17)27-21(24-30-31)18-14-8-3-9-15-18;2*1-3-2;1-2/h1-15H;2*3H,1-2H3;2H,1H3/q-2;;;/p+2. The molecule has 3 aromatic carbocycles. The molecular formula is C26H35N5O7Si. The molecule has 6 rings (SSSR count). The van der Waals surface area contributed by atoms with Crippen LogP contribution in [0.4, 0.5) is 0 Å². The summed E-state index contributed by atoms with van der Waals surface area (Å²) in [5.41, 5.74) is 1.81. The number of quaternary nitrogens is 2. The van der Waals surface area contributed by atoms with Crippen molar-refractivity contribution in [1.82, 2.24) is 0 Å². The van der Waals surface area contributed by atoms with Gasteiger partial charge >= 0.3 is 176 Å². The van der Waals surface area contributed by atoms with Crippen LogP contribution in [0, 0.1) is 0 Å². The van der Waals surface area contributed by atoms with Gasteiger partial charge in [0.05, 0.1) is 28.2 Å². The first-order chi connectivity index (χ1) is 19.0. The van der Waals surface area contributed by atoms with Gasteiger partial charge in [0.1, 0.15) is 0 Å². The minimum absolute atomic E-state index is 0.0547. The summed E-state index contributed by atoms with van der Waals surface area (Å²) in [5.74, 6) is 0.164. The van der Waals surface area contributed by atoms with E-state index in [1.807, 2.05) is 93.4 Å². The SMILES string of the molecule is CO.C[NH2+]C.C[NH2+]C.c1ccc(C2=NO[Si-2]34(ON=C(c5ccccc5)O3)(ON=C(c3ccccc3)O4)O2)cc1. The Labute approximate surface area is 227 Å². The van der Waals surface area contributed by atoms with Gasteiger partial charge in [0.2, 0.25) is 0 Å². The van der Waals surface area contributed by atoms with Gasteiger partial charge in [-0.3, -0.25) is 0 Å². The predicted octanol–water partition coefficient (Wildman–Crippen LogP) is 0.777. The zero-order chi connectivity index (χ0) is 28.3. The van der Waals surface area contributed by atoms with E-state index in [1.54, 1.807) is 36.4 Å². The van der Waals surface area contributed by atoms with Crippen LogP contribution in [0.2, 0.25) is 0 Å². The van der Waals surface area contributed by atoms with Crippen molar-refractivity contribution >= 4 is 25.8 Å². The van der Waals surface area contributed by atoms with Crippen LogP contribution in [0.3, 0.4) is 0 Å². The molecule has 3 aliphatic heterocycles. The zero-order valence-electron chi connectivity index (χ0n) is 22.6. The molecule has 0 amide bonds. The molecule has 13 heteroatoms. The number of nitrogens with zero attached hydrogens (tertiary/aromatic N) is 3. The number of benzene rings is 3. The Hall–Kier alpha value is -4.43. The van der Waals surface area contributed by atoms with E-state index in [1.165, 1.54) is 0 Å². The Morgan fingerprint density at radius 2 is 0.718 bits per heavy atom. The van der Waals surface area contributed by atoms with Crippen LogP contribution in [0.1, 0.15) is 16.7 Å². The summed E-state index contributed by atoms with van der Waals surface area (Å²) in [6.07, 6.45) is 0. The second-order valence-corrected chi connectivity index (χ2v) is 11.9. The molecule has 12 nitrogen and oxygen atoms in total. The molecule has 210 valence electrons. The second-order valence-electron chi connectivity index (χ2n) is 8.27. The number of hydrogen-bond donors (Lipinski definition) is 3. The molecule has 0 saturated heterocycles. The van der Waals surface area contributed by atoms with Crippen molar-refractivity contribution in [1.29, 1.82) is 0 Å². The first-order valence-electron chi connectivity index (χ1n) is 12.3. The van der Waals surface area contributed by atoms with Gasteiger partial charge in [0, 0.05) is 7.11 Å². The number of oxime groups is 3. The quantitative estimate of drug-likeness (QED) is 0.404. The number of hydrogen-bond acceptors (Lipinski definition) is 10. The Morgan fingerprint density at radius 3 is 0.949 bits per heavy atom. The Bertz CT molecular complexity index is 1150. The second kappa shape index (κ2) is 12.0. The molecule has 3 aliphatic rings. The third kappa shape index (κ3) is 5.71. The van der Waals surface area contributed by atoms with Gasteiger partial charge in [0.15, 0.2) is 0 Å². The molecule has 0 fully saturated rings. The summed E-state index contributed by atoms with van der Waals surface area (Å²) in [5, 5.41) is 23.1. The van der Waals surface area contributed by atoms with Gasteiger partial charge in [-0.15, -0.1) is 0 Å². The van der Waals surface area contributed by atoms with Crippen LogP contribution in [-0.2, 0) is 26.9 Å². The summed E-state index contributed by atoms with van der Waals surface area (Å²) >= 11 is 0. The Balaban J connectivity index is 0.000000475. The average molecular weight is 558 g/mol. The summed E-state index contributed by atoms with van der Waals surface area (Å²) in [7, 11) is 2.72. The van der Waals surface area contributed by atoms with E-state index in [9.17, 15) is 0 Å². The normalized spacial score (nSPS) is 19.4. The number of aliphatic hydroxyl groups is 1. The first kappa shape index (κ1) is 29.1. The van der Waals surface area contributed by atoms with E-state index in [0.717, 1.165) is 7.11 Å². The summed E-state index contributed by atoms with van der Waals surface area (Å²) < 4.78 is 35.4. The fraction of sp³-hybridized carbons (Fsp3) is 0.192. The van der Waals surface area contributed by atoms with E-state index in [4.69, 9.17) is 32.0 Å². The molecule has 0 unspecified atom stereocenters. The fourth-order valence-electron chi connectivity index (χ4n) is 3.41. The number of rotatable bonds is 3. The Kier molecular flexibility index (Phi) is 8.93. The molecule has 0 aliphatic carbocycles. The minimum atomic E-state index is -6.28. The average Bonchev–Trinajstić information content (AvgIpc) is 3.65. The van der Waals surface area contributed by atoms with Crippen molar-refractivity contribution < 1.29 is 42.6 Å². The van der Waals surface area contributed by atoms with Gasteiger partial charge < -0.3 is 15.7 Å². The van der Waals surface area contributed by atoms with Crippen molar-refractivity contribution in [2.75, 3.05) is 35.3 Å². The van der Waals surface area contributed by atoms with E-state index in [-0.39, 0.29) is 17.7 Å². The predicted molar refractivity (Wildman–Crippen MR) is 147 cm³/mol. The molecule has 0 bridgehead atoms. The Morgan fingerprint density at radius 1 is 0.487 bits per heavy atom. The molecule has 39 heavy (non-hydrogen) atoms. The maximum absolute atomic E-state index is 7.00. The van der Waals surface area contributed by atoms with Crippen molar-refractivity contribution in [3.8, 4) is 0 Å². The van der Waals surface area contributed by atoms with Crippen LogP contribution in [0.5, 0.6) is 0 Å². The van der Waals surface area contributed by atoms with E-state index < -0.39 is 8.09 Å². The summed E-state index contributed by atoms with van der Waals surface area (Å²) in [6.45, 7) is 0. The summed E-state index contributed by atoms with van der Waals surface area (Å²) in [4.78, 5) is 0. The van der Waals surface area contributed by atoms with E-state index in [2.05, 4.69) is 15.5 Å². The van der Waals surface area contributed by atoms with Crippen LogP contribution in [0.25, 0.3) is 0 Å². The van der Waals surface area contributed by atoms with Gasteiger partial charge in [-0.1, -0.05) is 0 Å². The molecule has 0 aromatic heterocycles. The van der Waals surface area contributed by atoms with Crippen molar-refractivity contribution in [3.05, 3.63) is 108 Å². The molecule has 5 N–H and O–H groups in total. The molecule has 0 radical (unpaired) electrons. The maximum atomic E-state index is 7.00. The van der Waals surface area contributed by atoms with E-state index >= 15 is 0 Å². The molecule has 1 spiro atoms. The molecule has 3 aromatic rings. The van der Waals surface area contributed by atoms with Gasteiger partial charge in [-0.25, -0.2) is 0 Å². The zero-order valence-corrected chi connectivity index (χ0v) is 23.6. The van der Waals surface area contributed by atoms with Crippen LogP contribution in [-0.4, -0.2) is 66.2 Å². The third-order valence-electron chi connectivity index (χ3n) is 4.92. The topological polar surface area (TPSA) is 146 Å². The molecular weight excluding hydrogens is 522 g/mol. The van der Waals surface area contributed by atoms with Crippen molar-refractivity contribution in [2.24, 2.45) is 15.5 Å².